The summed E-state index contributed by atoms with van der Waals surface area (Å²) in [5.41, 5.74) is 1.18. The van der Waals surface area contributed by atoms with Gasteiger partial charge in [0.15, 0.2) is 0 Å². The van der Waals surface area contributed by atoms with Gasteiger partial charge in [0.05, 0.1) is 13.2 Å². The second-order valence-electron chi connectivity index (χ2n) is 6.19. The molecular weight excluding hydrogens is 316 g/mol. The summed E-state index contributed by atoms with van der Waals surface area (Å²) < 4.78 is 11.0. The number of nitrogens with one attached hydrogen (secondary N) is 2. The van der Waals surface area contributed by atoms with Gasteiger partial charge >= 0.3 is 0 Å². The van der Waals surface area contributed by atoms with Crippen molar-refractivity contribution in [2.24, 2.45) is 0 Å². The van der Waals surface area contributed by atoms with E-state index in [1.807, 2.05) is 31.2 Å². The first-order valence-electron chi connectivity index (χ1n) is 8.81. The molecule has 25 heavy (non-hydrogen) atoms. The Balaban J connectivity index is 1.54. The molecular formula is C19H26N4O2. The van der Waals surface area contributed by atoms with Crippen molar-refractivity contribution in [2.45, 2.75) is 32.3 Å². The van der Waals surface area contributed by atoms with E-state index >= 15 is 0 Å². The summed E-state index contributed by atoms with van der Waals surface area (Å²) in [6.07, 6.45) is 3.41. The quantitative estimate of drug-likeness (QED) is 0.768. The highest BCUT2D eigenvalue weighted by Crippen LogP contribution is 2.18. The molecule has 134 valence electrons. The molecule has 1 unspecified atom stereocenters. The molecule has 0 bridgehead atoms. The van der Waals surface area contributed by atoms with E-state index in [1.165, 1.54) is 5.56 Å². The van der Waals surface area contributed by atoms with Crippen LogP contribution in [-0.4, -0.2) is 42.9 Å². The highest BCUT2D eigenvalue weighted by molar-refractivity contribution is 5.48. The van der Waals surface area contributed by atoms with Crippen LogP contribution in [0, 0.1) is 6.92 Å². The molecule has 1 aliphatic heterocycles. The Morgan fingerprint density at radius 3 is 2.76 bits per heavy atom. The van der Waals surface area contributed by atoms with E-state index in [0.29, 0.717) is 0 Å². The van der Waals surface area contributed by atoms with Crippen LogP contribution in [0.1, 0.15) is 24.2 Å². The summed E-state index contributed by atoms with van der Waals surface area (Å²) in [4.78, 5) is 8.91. The summed E-state index contributed by atoms with van der Waals surface area (Å²) in [6.45, 7) is 4.34. The lowest BCUT2D eigenvalue weighted by atomic mass is 10.1. The van der Waals surface area contributed by atoms with Gasteiger partial charge in [0.25, 0.3) is 0 Å². The van der Waals surface area contributed by atoms with Crippen LogP contribution >= 0.6 is 0 Å². The summed E-state index contributed by atoms with van der Waals surface area (Å²) >= 11 is 0. The minimum absolute atomic E-state index is 0.289. The van der Waals surface area contributed by atoms with Crippen LogP contribution in [0.25, 0.3) is 0 Å². The number of ether oxygens (including phenoxy) is 2. The Labute approximate surface area is 149 Å². The number of hydrogen-bond acceptors (Lipinski definition) is 6. The predicted octanol–water partition coefficient (Wildman–Crippen LogP) is 3.04. The number of benzene rings is 1. The predicted molar refractivity (Wildman–Crippen MR) is 99.4 cm³/mol. The zero-order valence-electron chi connectivity index (χ0n) is 14.9. The molecule has 6 heteroatoms. The molecule has 1 aromatic carbocycles. The second kappa shape index (κ2) is 8.67. The average Bonchev–Trinajstić information content (AvgIpc) is 3.13. The topological polar surface area (TPSA) is 68.3 Å². The maximum atomic E-state index is 5.64. The van der Waals surface area contributed by atoms with E-state index in [0.717, 1.165) is 62.2 Å². The number of nitrogens with zero attached hydrogens (tertiary/aromatic N) is 2. The fourth-order valence-electron chi connectivity index (χ4n) is 3.01. The molecule has 1 atom stereocenters. The number of hydrogen-bond donors (Lipinski definition) is 2. The van der Waals surface area contributed by atoms with Gasteiger partial charge in [-0.05, 0) is 37.8 Å². The molecule has 1 fully saturated rings. The lowest BCUT2D eigenvalue weighted by Crippen LogP contribution is -2.19. The maximum Gasteiger partial charge on any atom is 0.131 e. The van der Waals surface area contributed by atoms with Crippen molar-refractivity contribution in [1.29, 1.82) is 0 Å². The molecule has 2 N–H and O–H groups in total. The van der Waals surface area contributed by atoms with Gasteiger partial charge < -0.3 is 20.1 Å². The van der Waals surface area contributed by atoms with Crippen molar-refractivity contribution < 1.29 is 9.47 Å². The molecule has 0 spiro atoms. The van der Waals surface area contributed by atoms with Crippen LogP contribution in [0.3, 0.4) is 0 Å². The van der Waals surface area contributed by atoms with Crippen molar-refractivity contribution in [3.05, 3.63) is 41.7 Å². The Hall–Kier alpha value is -2.34. The van der Waals surface area contributed by atoms with Gasteiger partial charge in [0, 0.05) is 25.8 Å². The molecule has 2 heterocycles. The standard InChI is InChI=1S/C19H26N4O2/c1-14-22-18(12-19(23-14)21-13-16-7-5-11-25-16)20-10-9-15-6-3-4-8-17(15)24-2/h3-4,6,8,12,16H,5,7,9-11,13H2,1-2H3,(H2,20,21,22,23). The Kier molecular flexibility index (Phi) is 6.06. The molecule has 0 saturated carbocycles. The van der Waals surface area contributed by atoms with Gasteiger partial charge in [-0.15, -0.1) is 0 Å². The average molecular weight is 342 g/mol. The number of para-hydroxylation sites is 1. The maximum absolute atomic E-state index is 5.64. The Morgan fingerprint density at radius 2 is 2.00 bits per heavy atom. The van der Waals surface area contributed by atoms with Gasteiger partial charge in [-0.3, -0.25) is 0 Å². The molecule has 0 aliphatic carbocycles. The molecule has 3 rings (SSSR count). The molecule has 1 aliphatic rings. The largest absolute Gasteiger partial charge is 0.496 e. The lowest BCUT2D eigenvalue weighted by Gasteiger charge is -2.13. The summed E-state index contributed by atoms with van der Waals surface area (Å²) in [5.74, 6) is 3.33. The number of rotatable bonds is 8. The lowest BCUT2D eigenvalue weighted by molar-refractivity contribution is 0.120. The zero-order chi connectivity index (χ0) is 17.5. The molecule has 0 amide bonds. The number of anilines is 2. The summed E-state index contributed by atoms with van der Waals surface area (Å²) in [6, 6.07) is 10.0. The minimum Gasteiger partial charge on any atom is -0.496 e. The summed E-state index contributed by atoms with van der Waals surface area (Å²) in [5, 5.41) is 6.73. The fraction of sp³-hybridized carbons (Fsp3) is 0.474. The van der Waals surface area contributed by atoms with Gasteiger partial charge in [0.1, 0.15) is 23.2 Å². The van der Waals surface area contributed by atoms with Crippen molar-refractivity contribution in [3.8, 4) is 5.75 Å². The van der Waals surface area contributed by atoms with Crippen LogP contribution in [-0.2, 0) is 11.2 Å². The number of methoxy groups -OCH3 is 1. The summed E-state index contributed by atoms with van der Waals surface area (Å²) in [7, 11) is 1.70. The van der Waals surface area contributed by atoms with Crippen LogP contribution in [0.5, 0.6) is 5.75 Å². The molecule has 6 nitrogen and oxygen atoms in total. The third-order valence-corrected chi connectivity index (χ3v) is 4.27. The molecule has 1 saturated heterocycles. The van der Waals surface area contributed by atoms with Gasteiger partial charge in [0.2, 0.25) is 0 Å². The normalized spacial score (nSPS) is 16.6. The van der Waals surface area contributed by atoms with Crippen molar-refractivity contribution in [3.63, 3.8) is 0 Å². The highest BCUT2D eigenvalue weighted by Gasteiger charge is 2.15. The van der Waals surface area contributed by atoms with E-state index in [9.17, 15) is 0 Å². The third-order valence-electron chi connectivity index (χ3n) is 4.27. The Morgan fingerprint density at radius 1 is 1.20 bits per heavy atom. The highest BCUT2D eigenvalue weighted by atomic mass is 16.5. The zero-order valence-corrected chi connectivity index (χ0v) is 14.9. The fourth-order valence-corrected chi connectivity index (χ4v) is 3.01. The van der Waals surface area contributed by atoms with E-state index in [4.69, 9.17) is 9.47 Å². The first-order chi connectivity index (χ1) is 12.2. The molecule has 0 radical (unpaired) electrons. The third kappa shape index (κ3) is 5.06. The van der Waals surface area contributed by atoms with Crippen molar-refractivity contribution in [1.82, 2.24) is 9.97 Å². The van der Waals surface area contributed by atoms with Crippen molar-refractivity contribution >= 4 is 11.6 Å². The first kappa shape index (κ1) is 17.5. The second-order valence-corrected chi connectivity index (χ2v) is 6.19. The SMILES string of the molecule is COc1ccccc1CCNc1cc(NCC2CCCO2)nc(C)n1. The van der Waals surface area contributed by atoms with Gasteiger partial charge in [-0.1, -0.05) is 18.2 Å². The number of aryl methyl sites for hydroxylation is 1. The molecule has 2 aromatic rings. The minimum atomic E-state index is 0.289. The monoisotopic (exact) mass is 342 g/mol. The van der Waals surface area contributed by atoms with E-state index in [1.54, 1.807) is 7.11 Å². The van der Waals surface area contributed by atoms with Crippen LogP contribution < -0.4 is 15.4 Å². The van der Waals surface area contributed by atoms with Crippen LogP contribution in [0.2, 0.25) is 0 Å². The van der Waals surface area contributed by atoms with Crippen molar-refractivity contribution in [2.75, 3.05) is 37.4 Å². The van der Waals surface area contributed by atoms with Crippen LogP contribution in [0.4, 0.5) is 11.6 Å². The molecule has 1 aromatic heterocycles. The number of aromatic nitrogens is 2. The van der Waals surface area contributed by atoms with E-state index in [-0.39, 0.29) is 6.10 Å². The van der Waals surface area contributed by atoms with Gasteiger partial charge in [-0.25, -0.2) is 9.97 Å². The smallest absolute Gasteiger partial charge is 0.131 e. The van der Waals surface area contributed by atoms with E-state index in [2.05, 4.69) is 26.7 Å². The van der Waals surface area contributed by atoms with Crippen LogP contribution in [0.15, 0.2) is 30.3 Å². The Bertz CT molecular complexity index is 687. The first-order valence-corrected chi connectivity index (χ1v) is 8.81. The van der Waals surface area contributed by atoms with Gasteiger partial charge in [-0.2, -0.15) is 0 Å². The van der Waals surface area contributed by atoms with E-state index < -0.39 is 0 Å².